The van der Waals surface area contributed by atoms with Crippen molar-refractivity contribution >= 4 is 10.2 Å². The van der Waals surface area contributed by atoms with Crippen molar-refractivity contribution < 1.29 is 4.48 Å². The molecule has 0 aromatic heterocycles. The molecule has 0 spiro atoms. The first-order chi connectivity index (χ1) is 5.67. The summed E-state index contributed by atoms with van der Waals surface area (Å²) in [5.41, 5.74) is 0. The molecule has 1 rings (SSSR count). The molecule has 1 aliphatic rings. The number of quaternary nitrogens is 1. The van der Waals surface area contributed by atoms with Crippen LogP contribution >= 0.6 is 0 Å². The highest BCUT2D eigenvalue weighted by Crippen LogP contribution is 2.25. The van der Waals surface area contributed by atoms with Crippen LogP contribution in [0.25, 0.3) is 0 Å². The molecule has 2 heteroatoms. The van der Waals surface area contributed by atoms with Gasteiger partial charge in [0.05, 0.1) is 26.7 Å². The van der Waals surface area contributed by atoms with E-state index in [4.69, 9.17) is 0 Å². The lowest BCUT2D eigenvalue weighted by Crippen LogP contribution is -2.51. The predicted octanol–water partition coefficient (Wildman–Crippen LogP) is 1.18. The van der Waals surface area contributed by atoms with Crippen molar-refractivity contribution in [2.45, 2.75) is 44.2 Å². The minimum atomic E-state index is 0.979. The van der Waals surface area contributed by atoms with Crippen molar-refractivity contribution in [3.05, 3.63) is 0 Å². The van der Waals surface area contributed by atoms with Crippen LogP contribution in [0.1, 0.15) is 32.1 Å². The standard InChI is InChI=1S/C10H24NSi/c1-11(2)8-4-3-6-10(11)7-5-9-12/h10H,3-9H2,1-2,12H3/q+1. The van der Waals surface area contributed by atoms with E-state index in [0.717, 1.165) is 6.04 Å². The SMILES string of the molecule is C[N+]1(C)CCCCC1CCC[SiH3]. The fourth-order valence-electron chi connectivity index (χ4n) is 2.36. The van der Waals surface area contributed by atoms with E-state index < -0.39 is 0 Å². The molecule has 1 aliphatic heterocycles. The van der Waals surface area contributed by atoms with Crippen molar-refractivity contribution in [3.63, 3.8) is 0 Å². The van der Waals surface area contributed by atoms with E-state index >= 15 is 0 Å². The maximum atomic E-state index is 2.41. The topological polar surface area (TPSA) is 0 Å². The molecule has 0 N–H and O–H groups in total. The zero-order valence-corrected chi connectivity index (χ0v) is 11.0. The number of piperidine rings is 1. The third kappa shape index (κ3) is 2.59. The maximum Gasteiger partial charge on any atom is 0.0886 e. The second-order valence-corrected chi connectivity index (χ2v) is 5.79. The van der Waals surface area contributed by atoms with Crippen LogP contribution in [0, 0.1) is 0 Å². The fourth-order valence-corrected chi connectivity index (χ4v) is 2.77. The van der Waals surface area contributed by atoms with Crippen LogP contribution in [-0.2, 0) is 0 Å². The van der Waals surface area contributed by atoms with Crippen LogP contribution < -0.4 is 0 Å². The van der Waals surface area contributed by atoms with Gasteiger partial charge in [0, 0.05) is 10.2 Å². The molecule has 72 valence electrons. The molecule has 1 fully saturated rings. The van der Waals surface area contributed by atoms with E-state index in [1.54, 1.807) is 0 Å². The molecule has 0 saturated carbocycles. The Hall–Kier alpha value is 0.177. The zero-order valence-electron chi connectivity index (χ0n) is 8.97. The van der Waals surface area contributed by atoms with Crippen molar-refractivity contribution in [1.82, 2.24) is 0 Å². The van der Waals surface area contributed by atoms with Gasteiger partial charge in [-0.2, -0.15) is 0 Å². The summed E-state index contributed by atoms with van der Waals surface area (Å²) in [7, 11) is 6.22. The van der Waals surface area contributed by atoms with E-state index in [0.29, 0.717) is 0 Å². The number of hydrogen-bond donors (Lipinski definition) is 0. The first kappa shape index (κ1) is 10.3. The molecule has 1 unspecified atom stereocenters. The van der Waals surface area contributed by atoms with Crippen LogP contribution in [0.5, 0.6) is 0 Å². The summed E-state index contributed by atoms with van der Waals surface area (Å²) < 4.78 is 1.29. The van der Waals surface area contributed by atoms with Crippen LogP contribution in [0.3, 0.4) is 0 Å². The summed E-state index contributed by atoms with van der Waals surface area (Å²) in [6.07, 6.45) is 7.38. The summed E-state index contributed by atoms with van der Waals surface area (Å²) in [5.74, 6) is 0. The molecule has 1 atom stereocenters. The lowest BCUT2D eigenvalue weighted by Gasteiger charge is -2.41. The van der Waals surface area contributed by atoms with E-state index in [1.165, 1.54) is 59.4 Å². The Labute approximate surface area is 80.2 Å². The van der Waals surface area contributed by atoms with Gasteiger partial charge in [0.2, 0.25) is 0 Å². The van der Waals surface area contributed by atoms with E-state index in [9.17, 15) is 0 Å². The Balaban J connectivity index is 2.37. The summed E-state index contributed by atoms with van der Waals surface area (Å²) in [4.78, 5) is 0. The second kappa shape index (κ2) is 4.42. The molecule has 1 nitrogen and oxygen atoms in total. The molecular weight excluding hydrogens is 162 g/mol. The van der Waals surface area contributed by atoms with Crippen LogP contribution in [0.2, 0.25) is 6.04 Å². The quantitative estimate of drug-likeness (QED) is 0.459. The molecule has 12 heavy (non-hydrogen) atoms. The highest BCUT2D eigenvalue weighted by molar-refractivity contribution is 6.08. The largest absolute Gasteiger partial charge is 0.326 e. The summed E-state index contributed by atoms with van der Waals surface area (Å²) in [5, 5.41) is 0. The van der Waals surface area contributed by atoms with Gasteiger partial charge in [0.25, 0.3) is 0 Å². The molecule has 0 radical (unpaired) electrons. The van der Waals surface area contributed by atoms with Gasteiger partial charge < -0.3 is 4.48 Å². The monoisotopic (exact) mass is 186 g/mol. The molecule has 1 saturated heterocycles. The van der Waals surface area contributed by atoms with Crippen molar-refractivity contribution in [1.29, 1.82) is 0 Å². The van der Waals surface area contributed by atoms with Gasteiger partial charge in [-0.25, -0.2) is 0 Å². The van der Waals surface area contributed by atoms with Gasteiger partial charge in [-0.3, -0.25) is 0 Å². The molecule has 1 heterocycles. The molecule has 0 aromatic carbocycles. The molecule has 0 aromatic rings. The third-order valence-corrected chi connectivity index (χ3v) is 4.11. The van der Waals surface area contributed by atoms with Gasteiger partial charge >= 0.3 is 0 Å². The zero-order chi connectivity index (χ0) is 9.03. The average molecular weight is 186 g/mol. The van der Waals surface area contributed by atoms with Gasteiger partial charge in [-0.15, -0.1) is 0 Å². The second-order valence-electron chi connectivity index (χ2n) is 4.79. The normalized spacial score (nSPS) is 29.0. The Morgan fingerprint density at radius 3 is 2.67 bits per heavy atom. The summed E-state index contributed by atoms with van der Waals surface area (Å²) in [6, 6.07) is 2.48. The van der Waals surface area contributed by atoms with Crippen molar-refractivity contribution in [3.8, 4) is 0 Å². The highest BCUT2D eigenvalue weighted by Gasteiger charge is 2.30. The van der Waals surface area contributed by atoms with Crippen LogP contribution in [0.15, 0.2) is 0 Å². The first-order valence-electron chi connectivity index (χ1n) is 5.49. The molecule has 0 amide bonds. The van der Waals surface area contributed by atoms with Gasteiger partial charge in [-0.1, -0.05) is 12.5 Å². The Kier molecular flexibility index (Phi) is 3.78. The van der Waals surface area contributed by atoms with Crippen LogP contribution in [-0.4, -0.2) is 41.4 Å². The molecule has 0 bridgehead atoms. The fraction of sp³-hybridized carbons (Fsp3) is 1.00. The van der Waals surface area contributed by atoms with Crippen molar-refractivity contribution in [2.75, 3.05) is 20.6 Å². The van der Waals surface area contributed by atoms with Gasteiger partial charge in [-0.05, 0) is 25.7 Å². The highest BCUT2D eigenvalue weighted by atomic mass is 28.1. The lowest BCUT2D eigenvalue weighted by molar-refractivity contribution is -0.920. The number of likely N-dealkylation sites (tertiary alicyclic amines) is 1. The Bertz CT molecular complexity index is 134. The number of hydrogen-bond acceptors (Lipinski definition) is 0. The average Bonchev–Trinajstić information content (AvgIpc) is 2.02. The smallest absolute Gasteiger partial charge is 0.0886 e. The Morgan fingerprint density at radius 1 is 1.33 bits per heavy atom. The Morgan fingerprint density at radius 2 is 2.08 bits per heavy atom. The minimum Gasteiger partial charge on any atom is -0.326 e. The predicted molar refractivity (Wildman–Crippen MR) is 58.6 cm³/mol. The van der Waals surface area contributed by atoms with Crippen molar-refractivity contribution in [2.24, 2.45) is 0 Å². The minimum absolute atomic E-state index is 0.979. The summed E-state index contributed by atoms with van der Waals surface area (Å²) in [6.45, 7) is 1.41. The van der Waals surface area contributed by atoms with Crippen LogP contribution in [0.4, 0.5) is 0 Å². The lowest BCUT2D eigenvalue weighted by atomic mass is 9.96. The van der Waals surface area contributed by atoms with E-state index in [2.05, 4.69) is 14.1 Å². The first-order valence-corrected chi connectivity index (χ1v) is 6.91. The van der Waals surface area contributed by atoms with Gasteiger partial charge in [0.1, 0.15) is 0 Å². The summed E-state index contributed by atoms with van der Waals surface area (Å²) >= 11 is 0. The molecule has 0 aliphatic carbocycles. The van der Waals surface area contributed by atoms with Gasteiger partial charge in [0.15, 0.2) is 0 Å². The number of nitrogens with zero attached hydrogens (tertiary/aromatic N) is 1. The van der Waals surface area contributed by atoms with E-state index in [-0.39, 0.29) is 0 Å². The maximum absolute atomic E-state index is 2.41. The molecular formula is C10H24NSi+. The third-order valence-electron chi connectivity index (χ3n) is 3.40. The van der Waals surface area contributed by atoms with E-state index in [1.807, 2.05) is 0 Å². The number of rotatable bonds is 3.